The molecule has 0 bridgehead atoms. The van der Waals surface area contributed by atoms with Gasteiger partial charge >= 0.3 is 5.97 Å². The summed E-state index contributed by atoms with van der Waals surface area (Å²) in [6, 6.07) is 10.5. The first-order valence-corrected chi connectivity index (χ1v) is 12.8. The zero-order valence-electron chi connectivity index (χ0n) is 21.2. The van der Waals surface area contributed by atoms with Gasteiger partial charge in [0, 0.05) is 6.42 Å². The highest BCUT2D eigenvalue weighted by atomic mass is 16.5. The van der Waals surface area contributed by atoms with Gasteiger partial charge < -0.3 is 20.4 Å². The van der Waals surface area contributed by atoms with Gasteiger partial charge in [-0.3, -0.25) is 4.79 Å². The molecule has 5 atom stereocenters. The Hall–Kier alpha value is -1.95. The van der Waals surface area contributed by atoms with Gasteiger partial charge in [-0.05, 0) is 82.1 Å². The van der Waals surface area contributed by atoms with E-state index in [4.69, 9.17) is 4.74 Å². The summed E-state index contributed by atoms with van der Waals surface area (Å²) >= 11 is 0. The van der Waals surface area contributed by atoms with Gasteiger partial charge in [-0.15, -0.1) is 0 Å². The first-order chi connectivity index (χ1) is 15.9. The Labute approximate surface area is 206 Å². The van der Waals surface area contributed by atoms with Crippen LogP contribution in [0.2, 0.25) is 0 Å². The van der Waals surface area contributed by atoms with E-state index in [9.17, 15) is 15.0 Å². The second kappa shape index (κ2) is 16.6. The Balaban J connectivity index is 0.00000578. The number of unbranched alkanes of at least 4 members (excludes halogenated alkanes) is 2. The van der Waals surface area contributed by atoms with Gasteiger partial charge in [-0.1, -0.05) is 68.0 Å². The molecule has 5 unspecified atom stereocenters. The topological polar surface area (TPSA) is 98.3 Å². The molecule has 5 heteroatoms. The van der Waals surface area contributed by atoms with Crippen LogP contribution in [0.1, 0.15) is 77.7 Å². The Morgan fingerprint density at radius 1 is 1.15 bits per heavy atom. The van der Waals surface area contributed by atoms with Crippen molar-refractivity contribution in [2.24, 2.45) is 17.8 Å². The number of ether oxygens (including phenoxy) is 1. The highest BCUT2D eigenvalue weighted by Gasteiger charge is 2.37. The zero-order valence-corrected chi connectivity index (χ0v) is 21.2. The molecule has 1 aliphatic rings. The monoisotopic (exact) mass is 474 g/mol. The second-order valence-corrected chi connectivity index (χ2v) is 9.84. The number of hydrogen-bond acceptors (Lipinski definition) is 4. The summed E-state index contributed by atoms with van der Waals surface area (Å²) in [5.74, 6) is 0.737. The fourth-order valence-corrected chi connectivity index (χ4v) is 4.78. The number of rotatable bonds is 14. The maximum absolute atomic E-state index is 11.6. The summed E-state index contributed by atoms with van der Waals surface area (Å²) in [4.78, 5) is 11.6. The second-order valence-electron chi connectivity index (χ2n) is 9.84. The van der Waals surface area contributed by atoms with Crippen LogP contribution >= 0.6 is 0 Å². The Morgan fingerprint density at radius 2 is 1.88 bits per heavy atom. The molecule has 192 valence electrons. The van der Waals surface area contributed by atoms with Crippen molar-refractivity contribution < 1.29 is 25.2 Å². The molecule has 4 N–H and O–H groups in total. The van der Waals surface area contributed by atoms with Crippen molar-refractivity contribution in [3.05, 3.63) is 60.2 Å². The van der Waals surface area contributed by atoms with Gasteiger partial charge in [-0.2, -0.15) is 0 Å². The van der Waals surface area contributed by atoms with E-state index in [-0.39, 0.29) is 35.5 Å². The van der Waals surface area contributed by atoms with E-state index in [1.807, 2.05) is 26.0 Å². The Morgan fingerprint density at radius 3 is 2.59 bits per heavy atom. The van der Waals surface area contributed by atoms with Crippen LogP contribution in [0.5, 0.6) is 0 Å². The van der Waals surface area contributed by atoms with Gasteiger partial charge in [0.25, 0.3) is 0 Å². The molecule has 0 saturated heterocycles. The van der Waals surface area contributed by atoms with Crippen LogP contribution in [0.25, 0.3) is 0 Å². The number of carbonyl (C=O) groups excluding carboxylic acids is 1. The van der Waals surface area contributed by atoms with Gasteiger partial charge in [0.05, 0.1) is 18.3 Å². The van der Waals surface area contributed by atoms with Crippen LogP contribution in [-0.4, -0.2) is 40.0 Å². The number of benzene rings is 1. The summed E-state index contributed by atoms with van der Waals surface area (Å²) in [5, 5.41) is 21.0. The highest BCUT2D eigenvalue weighted by Crippen LogP contribution is 2.40. The third kappa shape index (κ3) is 11.5. The number of carbonyl (C=O) groups is 1. The molecule has 1 aliphatic carbocycles. The third-order valence-corrected chi connectivity index (χ3v) is 6.57. The first-order valence-electron chi connectivity index (χ1n) is 12.8. The average molecular weight is 475 g/mol. The van der Waals surface area contributed by atoms with Crippen molar-refractivity contribution in [1.82, 2.24) is 0 Å². The van der Waals surface area contributed by atoms with Crippen molar-refractivity contribution in [2.45, 2.75) is 96.9 Å². The average Bonchev–Trinajstić information content (AvgIpc) is 3.04. The normalized spacial score (nSPS) is 23.5. The fourth-order valence-electron chi connectivity index (χ4n) is 4.78. The maximum Gasteiger partial charge on any atom is 0.306 e. The number of aliphatic hydroxyl groups is 2. The van der Waals surface area contributed by atoms with E-state index in [0.29, 0.717) is 12.3 Å². The minimum absolute atomic E-state index is 0. The standard InChI is InChI=1S/C29H44O4.H2O/c1-22(2)33-29(32)18-10-5-4-9-17-27-26(23(3)21-28(27)31)20-19-25(30)16-12-11-15-24-13-7-6-8-14-24;/h4,6-9,13-14,19-20,22-23,25-28,30-31H,5,10-12,15-18,21H2,1-3H3;1H2/b9-4-,20-19+;. The number of esters is 1. The minimum Gasteiger partial charge on any atom is -0.463 e. The summed E-state index contributed by atoms with van der Waals surface area (Å²) < 4.78 is 5.15. The molecule has 1 aromatic carbocycles. The molecular formula is C29H46O5. The van der Waals surface area contributed by atoms with Crippen LogP contribution in [0, 0.1) is 17.8 Å². The van der Waals surface area contributed by atoms with Crippen molar-refractivity contribution in [3.63, 3.8) is 0 Å². The van der Waals surface area contributed by atoms with Crippen molar-refractivity contribution in [2.75, 3.05) is 0 Å². The van der Waals surface area contributed by atoms with Crippen LogP contribution in [0.15, 0.2) is 54.6 Å². The lowest BCUT2D eigenvalue weighted by Crippen LogP contribution is -2.18. The lowest BCUT2D eigenvalue weighted by Gasteiger charge is -2.20. The molecule has 0 amide bonds. The summed E-state index contributed by atoms with van der Waals surface area (Å²) in [7, 11) is 0. The molecule has 0 aliphatic heterocycles. The number of allylic oxidation sites excluding steroid dienone is 3. The minimum atomic E-state index is -0.424. The molecule has 0 radical (unpaired) electrons. The molecule has 2 rings (SSSR count). The summed E-state index contributed by atoms with van der Waals surface area (Å²) in [5.41, 5.74) is 1.35. The van der Waals surface area contributed by atoms with Crippen molar-refractivity contribution in [3.8, 4) is 0 Å². The smallest absolute Gasteiger partial charge is 0.306 e. The fraction of sp³-hybridized carbons (Fsp3) is 0.621. The van der Waals surface area contributed by atoms with E-state index in [2.05, 4.69) is 49.4 Å². The lowest BCUT2D eigenvalue weighted by atomic mass is 9.86. The predicted molar refractivity (Wildman–Crippen MR) is 138 cm³/mol. The highest BCUT2D eigenvalue weighted by molar-refractivity contribution is 5.69. The van der Waals surface area contributed by atoms with Crippen molar-refractivity contribution >= 4 is 5.97 Å². The first kappa shape index (κ1) is 30.1. The van der Waals surface area contributed by atoms with Gasteiger partial charge in [-0.25, -0.2) is 0 Å². The number of hydrogen-bond donors (Lipinski definition) is 2. The van der Waals surface area contributed by atoms with E-state index in [0.717, 1.165) is 51.4 Å². The van der Waals surface area contributed by atoms with Crippen LogP contribution < -0.4 is 0 Å². The molecular weight excluding hydrogens is 428 g/mol. The predicted octanol–water partition coefficient (Wildman–Crippen LogP) is 5.19. The quantitative estimate of drug-likeness (QED) is 0.220. The number of aryl methyl sites for hydroxylation is 1. The van der Waals surface area contributed by atoms with Gasteiger partial charge in [0.15, 0.2) is 0 Å². The molecule has 0 heterocycles. The zero-order chi connectivity index (χ0) is 24.1. The van der Waals surface area contributed by atoms with E-state index >= 15 is 0 Å². The lowest BCUT2D eigenvalue weighted by molar-refractivity contribution is -0.147. The van der Waals surface area contributed by atoms with Gasteiger partial charge in [0.2, 0.25) is 0 Å². The molecule has 5 nitrogen and oxygen atoms in total. The Bertz CT molecular complexity index is 727. The molecule has 0 aromatic heterocycles. The third-order valence-electron chi connectivity index (χ3n) is 6.57. The van der Waals surface area contributed by atoms with Crippen molar-refractivity contribution in [1.29, 1.82) is 0 Å². The summed E-state index contributed by atoms with van der Waals surface area (Å²) in [6.07, 6.45) is 15.2. The summed E-state index contributed by atoms with van der Waals surface area (Å²) in [6.45, 7) is 5.91. The van der Waals surface area contributed by atoms with E-state index < -0.39 is 6.10 Å². The molecule has 1 aromatic rings. The molecule has 1 fully saturated rings. The largest absolute Gasteiger partial charge is 0.463 e. The SMILES string of the molecule is CC(C)OC(=O)CCC/C=C\CC1C(O)CC(C)C1/C=C/C(O)CCCCc1ccccc1.O. The number of aliphatic hydroxyl groups excluding tert-OH is 2. The Kier molecular flexibility index (Phi) is 14.7. The molecule has 34 heavy (non-hydrogen) atoms. The molecule has 0 spiro atoms. The van der Waals surface area contributed by atoms with Crippen LogP contribution in [-0.2, 0) is 16.0 Å². The van der Waals surface area contributed by atoms with Gasteiger partial charge in [0.1, 0.15) is 0 Å². The maximum atomic E-state index is 11.6. The van der Waals surface area contributed by atoms with E-state index in [1.165, 1.54) is 5.56 Å². The van der Waals surface area contributed by atoms with E-state index in [1.54, 1.807) is 0 Å². The van der Waals surface area contributed by atoms with Crippen LogP contribution in [0.3, 0.4) is 0 Å². The van der Waals surface area contributed by atoms with Crippen LogP contribution in [0.4, 0.5) is 0 Å². The molecule has 1 saturated carbocycles.